The van der Waals surface area contributed by atoms with Crippen molar-refractivity contribution in [2.24, 2.45) is 5.90 Å². The molecule has 0 radical (unpaired) electrons. The van der Waals surface area contributed by atoms with Gasteiger partial charge in [-0.05, 0) is 33.6 Å². The van der Waals surface area contributed by atoms with Gasteiger partial charge in [-0.2, -0.15) is 0 Å². The van der Waals surface area contributed by atoms with Crippen LogP contribution in [0.1, 0.15) is 19.4 Å². The average molecular weight is 279 g/mol. The smallest absolute Gasteiger partial charge is 0.0770 e. The van der Waals surface area contributed by atoms with E-state index in [9.17, 15) is 0 Å². The van der Waals surface area contributed by atoms with E-state index < -0.39 is 0 Å². The Balaban J connectivity index is 3.01. The van der Waals surface area contributed by atoms with E-state index in [1.165, 1.54) is 0 Å². The summed E-state index contributed by atoms with van der Waals surface area (Å²) in [6.07, 6.45) is 0. The fraction of sp³-hybridized carbons (Fsp3) is 0.400. The summed E-state index contributed by atoms with van der Waals surface area (Å²) in [4.78, 5) is 4.68. The molecule has 0 saturated heterocycles. The molecular weight excluding hydrogens is 265 g/mol. The fourth-order valence-corrected chi connectivity index (χ4v) is 1.71. The Bertz CT molecular complexity index is 328. The number of halogens is 2. The lowest BCUT2D eigenvalue weighted by Gasteiger charge is -2.24. The summed E-state index contributed by atoms with van der Waals surface area (Å²) in [6.45, 7) is 4.60. The number of benzene rings is 1. The molecule has 0 aromatic heterocycles. The van der Waals surface area contributed by atoms with E-state index in [0.717, 1.165) is 10.0 Å². The zero-order valence-electron chi connectivity index (χ0n) is 8.18. The van der Waals surface area contributed by atoms with Crippen LogP contribution in [0.4, 0.5) is 0 Å². The van der Waals surface area contributed by atoms with Gasteiger partial charge in [-0.15, -0.1) is 0 Å². The van der Waals surface area contributed by atoms with Gasteiger partial charge in [-0.3, -0.25) is 0 Å². The Morgan fingerprint density at radius 2 is 2.14 bits per heavy atom. The molecule has 2 nitrogen and oxygen atoms in total. The number of nitrogens with two attached hydrogens (primary N) is 1. The lowest BCUT2D eigenvalue weighted by atomic mass is 9.86. The lowest BCUT2D eigenvalue weighted by Crippen LogP contribution is -2.26. The van der Waals surface area contributed by atoms with Gasteiger partial charge in [0.25, 0.3) is 0 Å². The molecule has 0 saturated carbocycles. The summed E-state index contributed by atoms with van der Waals surface area (Å²) >= 11 is 9.29. The van der Waals surface area contributed by atoms with Crippen molar-refractivity contribution < 1.29 is 4.84 Å². The minimum atomic E-state index is -0.109. The van der Waals surface area contributed by atoms with Crippen LogP contribution in [0.3, 0.4) is 0 Å². The summed E-state index contributed by atoms with van der Waals surface area (Å²) in [7, 11) is 0. The molecule has 0 bridgehead atoms. The highest BCUT2D eigenvalue weighted by atomic mass is 79.9. The second-order valence-electron chi connectivity index (χ2n) is 3.82. The predicted octanol–water partition coefficient (Wildman–Crippen LogP) is 3.27. The van der Waals surface area contributed by atoms with Crippen LogP contribution in [0.5, 0.6) is 0 Å². The molecule has 2 N–H and O–H groups in total. The fourth-order valence-electron chi connectivity index (χ4n) is 1.21. The van der Waals surface area contributed by atoms with Gasteiger partial charge in [0, 0.05) is 9.89 Å². The standard InChI is InChI=1S/C10H13BrClNO/c1-10(2,6-14-13)7-3-4-9(12)8(11)5-7/h3-5H,6,13H2,1-2H3. The van der Waals surface area contributed by atoms with Crippen LogP contribution in [0.15, 0.2) is 22.7 Å². The SMILES string of the molecule is CC(C)(CON)c1ccc(Cl)c(Br)c1. The molecule has 0 atom stereocenters. The van der Waals surface area contributed by atoms with Crippen molar-refractivity contribution in [3.8, 4) is 0 Å². The van der Waals surface area contributed by atoms with Crippen LogP contribution < -0.4 is 5.90 Å². The number of rotatable bonds is 3. The summed E-state index contributed by atoms with van der Waals surface area (Å²) in [5, 5.41) is 0.707. The first-order chi connectivity index (χ1) is 6.47. The summed E-state index contributed by atoms with van der Waals surface area (Å²) in [6, 6.07) is 5.83. The predicted molar refractivity (Wildman–Crippen MR) is 62.3 cm³/mol. The van der Waals surface area contributed by atoms with Crippen LogP contribution in [0.25, 0.3) is 0 Å². The molecule has 0 amide bonds. The Labute approximate surface area is 97.5 Å². The van der Waals surface area contributed by atoms with Gasteiger partial charge in [0.2, 0.25) is 0 Å². The minimum absolute atomic E-state index is 0.109. The van der Waals surface area contributed by atoms with E-state index in [0.29, 0.717) is 11.6 Å². The topological polar surface area (TPSA) is 35.2 Å². The molecule has 0 aliphatic rings. The van der Waals surface area contributed by atoms with Crippen molar-refractivity contribution in [3.63, 3.8) is 0 Å². The number of hydrogen-bond acceptors (Lipinski definition) is 2. The molecule has 1 aromatic carbocycles. The Morgan fingerprint density at radius 1 is 1.50 bits per heavy atom. The van der Waals surface area contributed by atoms with Gasteiger partial charge in [0.05, 0.1) is 11.6 Å². The second-order valence-corrected chi connectivity index (χ2v) is 5.09. The molecule has 78 valence electrons. The zero-order chi connectivity index (χ0) is 10.8. The maximum absolute atomic E-state index is 5.90. The highest BCUT2D eigenvalue weighted by Gasteiger charge is 2.21. The van der Waals surface area contributed by atoms with Crippen LogP contribution in [0, 0.1) is 0 Å². The molecule has 0 aliphatic carbocycles. The van der Waals surface area contributed by atoms with Crippen molar-refractivity contribution >= 4 is 27.5 Å². The van der Waals surface area contributed by atoms with Gasteiger partial charge in [-0.1, -0.05) is 31.5 Å². The van der Waals surface area contributed by atoms with E-state index in [-0.39, 0.29) is 5.41 Å². The Hall–Kier alpha value is -0.0900. The monoisotopic (exact) mass is 277 g/mol. The molecule has 1 aromatic rings. The third-order valence-corrected chi connectivity index (χ3v) is 3.36. The van der Waals surface area contributed by atoms with Crippen molar-refractivity contribution in [1.82, 2.24) is 0 Å². The molecule has 0 aliphatic heterocycles. The van der Waals surface area contributed by atoms with Crippen molar-refractivity contribution in [1.29, 1.82) is 0 Å². The van der Waals surface area contributed by atoms with Crippen LogP contribution in [-0.2, 0) is 10.3 Å². The zero-order valence-corrected chi connectivity index (χ0v) is 10.5. The van der Waals surface area contributed by atoms with Crippen LogP contribution >= 0.6 is 27.5 Å². The van der Waals surface area contributed by atoms with Gasteiger partial charge in [0.1, 0.15) is 0 Å². The van der Waals surface area contributed by atoms with Gasteiger partial charge in [0.15, 0.2) is 0 Å². The summed E-state index contributed by atoms with van der Waals surface area (Å²) in [5.74, 6) is 5.08. The highest BCUT2D eigenvalue weighted by Crippen LogP contribution is 2.30. The van der Waals surface area contributed by atoms with Crippen molar-refractivity contribution in [3.05, 3.63) is 33.3 Å². The summed E-state index contributed by atoms with van der Waals surface area (Å²) in [5.41, 5.74) is 1.03. The van der Waals surface area contributed by atoms with E-state index in [1.54, 1.807) is 0 Å². The maximum Gasteiger partial charge on any atom is 0.0770 e. The minimum Gasteiger partial charge on any atom is -0.304 e. The lowest BCUT2D eigenvalue weighted by molar-refractivity contribution is 0.0964. The maximum atomic E-state index is 5.90. The quantitative estimate of drug-likeness (QED) is 0.861. The molecule has 1 rings (SSSR count). The van der Waals surface area contributed by atoms with E-state index >= 15 is 0 Å². The molecule has 0 heterocycles. The molecular formula is C10H13BrClNO. The Kier molecular flexibility index (Phi) is 3.95. The third kappa shape index (κ3) is 2.70. The first-order valence-electron chi connectivity index (χ1n) is 4.24. The molecule has 0 unspecified atom stereocenters. The average Bonchev–Trinajstić information content (AvgIpc) is 2.09. The summed E-state index contributed by atoms with van der Waals surface area (Å²) < 4.78 is 0.891. The van der Waals surface area contributed by atoms with Crippen molar-refractivity contribution in [2.45, 2.75) is 19.3 Å². The number of hydrogen-bond donors (Lipinski definition) is 1. The third-order valence-electron chi connectivity index (χ3n) is 2.15. The van der Waals surface area contributed by atoms with E-state index in [1.807, 2.05) is 18.2 Å². The Morgan fingerprint density at radius 3 is 2.64 bits per heavy atom. The van der Waals surface area contributed by atoms with Crippen LogP contribution in [-0.4, -0.2) is 6.61 Å². The molecule has 14 heavy (non-hydrogen) atoms. The van der Waals surface area contributed by atoms with Gasteiger partial charge in [-0.25, -0.2) is 5.90 Å². The normalized spacial score (nSPS) is 11.8. The largest absolute Gasteiger partial charge is 0.304 e. The first kappa shape index (κ1) is 12.0. The van der Waals surface area contributed by atoms with E-state index in [2.05, 4.69) is 34.6 Å². The highest BCUT2D eigenvalue weighted by molar-refractivity contribution is 9.10. The molecule has 0 spiro atoms. The van der Waals surface area contributed by atoms with Crippen molar-refractivity contribution in [2.75, 3.05) is 6.61 Å². The van der Waals surface area contributed by atoms with Gasteiger partial charge < -0.3 is 4.84 Å². The molecule has 4 heteroatoms. The van der Waals surface area contributed by atoms with Crippen LogP contribution in [0.2, 0.25) is 5.02 Å². The van der Waals surface area contributed by atoms with E-state index in [4.69, 9.17) is 17.5 Å². The molecule has 0 fully saturated rings. The second kappa shape index (κ2) is 4.62. The van der Waals surface area contributed by atoms with Gasteiger partial charge >= 0.3 is 0 Å². The first-order valence-corrected chi connectivity index (χ1v) is 5.41.